The van der Waals surface area contributed by atoms with Crippen LogP contribution in [-0.2, 0) is 6.54 Å². The third-order valence-corrected chi connectivity index (χ3v) is 3.77. The quantitative estimate of drug-likeness (QED) is 0.790. The summed E-state index contributed by atoms with van der Waals surface area (Å²) < 4.78 is 2.96. The number of hydrogen-bond donors (Lipinski definition) is 1. The van der Waals surface area contributed by atoms with Crippen molar-refractivity contribution in [1.82, 2.24) is 14.9 Å². The normalized spacial score (nSPS) is 10.7. The molecule has 0 spiro atoms. The molecule has 3 aromatic rings. The molecule has 21 heavy (non-hydrogen) atoms. The summed E-state index contributed by atoms with van der Waals surface area (Å²) in [7, 11) is 0. The zero-order valence-corrected chi connectivity index (χ0v) is 12.9. The Hall–Kier alpha value is -2.14. The number of fused-ring (bicyclic) bond motifs is 1. The molecule has 0 unspecified atom stereocenters. The van der Waals surface area contributed by atoms with Crippen LogP contribution in [0.2, 0.25) is 0 Å². The summed E-state index contributed by atoms with van der Waals surface area (Å²) in [5, 5.41) is 5.08. The second-order valence-corrected chi connectivity index (χ2v) is 5.68. The van der Waals surface area contributed by atoms with Gasteiger partial charge in [-0.25, -0.2) is 4.98 Å². The molecule has 1 aromatic heterocycles. The van der Waals surface area contributed by atoms with Crippen LogP contribution in [0.25, 0.3) is 10.8 Å². The van der Waals surface area contributed by atoms with E-state index in [1.54, 1.807) is 12.5 Å². The number of aromatic nitrogens is 2. The maximum Gasteiger partial charge on any atom is 0.251 e. The third kappa shape index (κ3) is 3.31. The molecule has 0 fully saturated rings. The van der Waals surface area contributed by atoms with Gasteiger partial charge >= 0.3 is 0 Å². The molecule has 0 saturated heterocycles. The molecule has 1 amide bonds. The van der Waals surface area contributed by atoms with E-state index in [2.05, 4.69) is 26.2 Å². The van der Waals surface area contributed by atoms with Crippen LogP contribution in [0.1, 0.15) is 10.4 Å². The van der Waals surface area contributed by atoms with Crippen molar-refractivity contribution in [3.8, 4) is 0 Å². The van der Waals surface area contributed by atoms with Crippen LogP contribution in [0.3, 0.4) is 0 Å². The summed E-state index contributed by atoms with van der Waals surface area (Å²) in [5.41, 5.74) is 0.676. The van der Waals surface area contributed by atoms with Crippen LogP contribution in [0.4, 0.5) is 0 Å². The predicted molar refractivity (Wildman–Crippen MR) is 86.2 cm³/mol. The van der Waals surface area contributed by atoms with Crippen molar-refractivity contribution in [2.45, 2.75) is 6.54 Å². The predicted octanol–water partition coefficient (Wildman–Crippen LogP) is 3.23. The summed E-state index contributed by atoms with van der Waals surface area (Å²) in [6.07, 6.45) is 5.34. The van der Waals surface area contributed by atoms with E-state index < -0.39 is 0 Å². The lowest BCUT2D eigenvalue weighted by Gasteiger charge is -2.07. The van der Waals surface area contributed by atoms with Gasteiger partial charge in [-0.15, -0.1) is 0 Å². The number of amides is 1. The number of benzene rings is 2. The van der Waals surface area contributed by atoms with Crippen molar-refractivity contribution in [3.63, 3.8) is 0 Å². The summed E-state index contributed by atoms with van der Waals surface area (Å²) in [5.74, 6) is -0.0556. The van der Waals surface area contributed by atoms with E-state index >= 15 is 0 Å². The Labute approximate surface area is 130 Å². The minimum Gasteiger partial charge on any atom is -0.350 e. The summed E-state index contributed by atoms with van der Waals surface area (Å²) in [6.45, 7) is 1.29. The van der Waals surface area contributed by atoms with Gasteiger partial charge < -0.3 is 9.88 Å². The molecule has 3 rings (SSSR count). The van der Waals surface area contributed by atoms with Crippen LogP contribution in [0.5, 0.6) is 0 Å². The molecule has 1 heterocycles. The van der Waals surface area contributed by atoms with Crippen LogP contribution < -0.4 is 5.32 Å². The van der Waals surface area contributed by atoms with Gasteiger partial charge in [-0.1, -0.05) is 28.1 Å². The Morgan fingerprint density at radius 3 is 2.81 bits per heavy atom. The number of carbonyl (C=O) groups excluding carboxylic acids is 1. The lowest BCUT2D eigenvalue weighted by atomic mass is 10.1. The van der Waals surface area contributed by atoms with Crippen LogP contribution in [0, 0.1) is 0 Å². The monoisotopic (exact) mass is 343 g/mol. The molecule has 0 aliphatic heterocycles. The number of rotatable bonds is 4. The van der Waals surface area contributed by atoms with Gasteiger partial charge in [0, 0.05) is 35.5 Å². The van der Waals surface area contributed by atoms with Gasteiger partial charge in [0.25, 0.3) is 5.91 Å². The number of carbonyl (C=O) groups is 1. The molecule has 0 aliphatic rings. The maximum atomic E-state index is 12.1. The Balaban J connectivity index is 1.68. The van der Waals surface area contributed by atoms with Crippen molar-refractivity contribution >= 4 is 32.6 Å². The van der Waals surface area contributed by atoms with Crippen molar-refractivity contribution in [2.24, 2.45) is 0 Å². The molecule has 0 atom stereocenters. The highest BCUT2D eigenvalue weighted by atomic mass is 79.9. The molecule has 5 heteroatoms. The molecular weight excluding hydrogens is 330 g/mol. The summed E-state index contributed by atoms with van der Waals surface area (Å²) in [4.78, 5) is 16.1. The first kappa shape index (κ1) is 13.8. The number of nitrogens with zero attached hydrogens (tertiary/aromatic N) is 2. The number of imidazole rings is 1. The first-order chi connectivity index (χ1) is 10.2. The van der Waals surface area contributed by atoms with Gasteiger partial charge in [-0.05, 0) is 35.0 Å². The van der Waals surface area contributed by atoms with E-state index in [1.807, 2.05) is 47.2 Å². The van der Waals surface area contributed by atoms with Gasteiger partial charge in [0.15, 0.2) is 0 Å². The van der Waals surface area contributed by atoms with Crippen LogP contribution in [0.15, 0.2) is 59.6 Å². The van der Waals surface area contributed by atoms with E-state index in [-0.39, 0.29) is 5.91 Å². The Morgan fingerprint density at radius 1 is 1.19 bits per heavy atom. The molecule has 106 valence electrons. The molecule has 0 saturated carbocycles. The lowest BCUT2D eigenvalue weighted by molar-refractivity contribution is 0.0952. The van der Waals surface area contributed by atoms with E-state index in [9.17, 15) is 4.79 Å². The molecule has 0 bridgehead atoms. The Bertz CT molecular complexity index is 768. The second kappa shape index (κ2) is 6.10. The smallest absolute Gasteiger partial charge is 0.251 e. The second-order valence-electron chi connectivity index (χ2n) is 4.76. The summed E-state index contributed by atoms with van der Waals surface area (Å²) >= 11 is 3.45. The zero-order chi connectivity index (χ0) is 14.7. The standard InChI is InChI=1S/C16H14BrN3O/c17-15-4-3-12-9-14(2-1-13(12)10-15)16(21)19-6-8-20-7-5-18-11-20/h1-5,7,9-11H,6,8H2,(H,19,21). The maximum absolute atomic E-state index is 12.1. The fourth-order valence-corrected chi connectivity index (χ4v) is 2.56. The van der Waals surface area contributed by atoms with Gasteiger partial charge in [-0.2, -0.15) is 0 Å². The highest BCUT2D eigenvalue weighted by molar-refractivity contribution is 9.10. The highest BCUT2D eigenvalue weighted by Gasteiger charge is 2.06. The van der Waals surface area contributed by atoms with E-state index in [4.69, 9.17) is 0 Å². The SMILES string of the molecule is O=C(NCCn1ccnc1)c1ccc2cc(Br)ccc2c1. The largest absolute Gasteiger partial charge is 0.350 e. The molecule has 0 radical (unpaired) electrons. The molecule has 2 aromatic carbocycles. The number of halogens is 1. The Kier molecular flexibility index (Phi) is 4.01. The van der Waals surface area contributed by atoms with Crippen LogP contribution in [-0.4, -0.2) is 22.0 Å². The molecule has 0 aliphatic carbocycles. The van der Waals surface area contributed by atoms with E-state index in [0.717, 1.165) is 15.2 Å². The van der Waals surface area contributed by atoms with Crippen molar-refractivity contribution in [3.05, 3.63) is 65.2 Å². The average Bonchev–Trinajstić information content (AvgIpc) is 3.00. The molecule has 4 nitrogen and oxygen atoms in total. The first-order valence-electron chi connectivity index (χ1n) is 6.66. The number of hydrogen-bond acceptors (Lipinski definition) is 2. The van der Waals surface area contributed by atoms with Crippen LogP contribution >= 0.6 is 15.9 Å². The van der Waals surface area contributed by atoms with E-state index in [0.29, 0.717) is 18.7 Å². The third-order valence-electron chi connectivity index (χ3n) is 3.28. The summed E-state index contributed by atoms with van der Waals surface area (Å²) in [6, 6.07) is 11.7. The van der Waals surface area contributed by atoms with Gasteiger partial charge in [0.1, 0.15) is 0 Å². The zero-order valence-electron chi connectivity index (χ0n) is 11.3. The fourth-order valence-electron chi connectivity index (χ4n) is 2.18. The lowest BCUT2D eigenvalue weighted by Crippen LogP contribution is -2.26. The molecular formula is C16H14BrN3O. The molecule has 1 N–H and O–H groups in total. The highest BCUT2D eigenvalue weighted by Crippen LogP contribution is 2.20. The topological polar surface area (TPSA) is 46.9 Å². The van der Waals surface area contributed by atoms with Crippen molar-refractivity contribution in [1.29, 1.82) is 0 Å². The first-order valence-corrected chi connectivity index (χ1v) is 7.45. The van der Waals surface area contributed by atoms with E-state index in [1.165, 1.54) is 0 Å². The van der Waals surface area contributed by atoms with Gasteiger partial charge in [0.05, 0.1) is 6.33 Å². The van der Waals surface area contributed by atoms with Crippen molar-refractivity contribution in [2.75, 3.05) is 6.54 Å². The number of nitrogens with one attached hydrogen (secondary N) is 1. The minimum atomic E-state index is -0.0556. The van der Waals surface area contributed by atoms with Crippen molar-refractivity contribution < 1.29 is 4.79 Å². The van der Waals surface area contributed by atoms with Gasteiger partial charge in [-0.3, -0.25) is 4.79 Å². The average molecular weight is 344 g/mol. The fraction of sp³-hybridized carbons (Fsp3) is 0.125. The van der Waals surface area contributed by atoms with Gasteiger partial charge in [0.2, 0.25) is 0 Å². The Morgan fingerprint density at radius 2 is 2.00 bits per heavy atom. The minimum absolute atomic E-state index is 0.0556.